The van der Waals surface area contributed by atoms with Crippen molar-refractivity contribution in [3.63, 3.8) is 0 Å². The number of benzene rings is 1. The molecule has 0 aliphatic carbocycles. The van der Waals surface area contributed by atoms with Crippen molar-refractivity contribution >= 4 is 5.91 Å². The molecule has 0 bridgehead atoms. The highest BCUT2D eigenvalue weighted by Crippen LogP contribution is 2.19. The van der Waals surface area contributed by atoms with Crippen LogP contribution in [0.2, 0.25) is 0 Å². The molecule has 3 rings (SSSR count). The van der Waals surface area contributed by atoms with Crippen LogP contribution in [0.5, 0.6) is 0 Å². The predicted molar refractivity (Wildman–Crippen MR) is 86.8 cm³/mol. The topological polar surface area (TPSA) is 53.2 Å². The molecule has 1 aromatic heterocycles. The number of nitrogens with zero attached hydrogens (tertiary/aromatic N) is 1. The van der Waals surface area contributed by atoms with Crippen molar-refractivity contribution in [2.45, 2.75) is 32.2 Å². The lowest BCUT2D eigenvalue weighted by atomic mass is 10.0. The van der Waals surface area contributed by atoms with Gasteiger partial charge in [-0.2, -0.15) is 0 Å². The molecule has 1 amide bonds. The minimum absolute atomic E-state index is 0.159. The number of aromatic nitrogens is 1. The Morgan fingerprint density at radius 2 is 1.91 bits per heavy atom. The van der Waals surface area contributed by atoms with Crippen LogP contribution in [0.25, 0.3) is 11.3 Å². The number of H-pyrrole nitrogens is 1. The summed E-state index contributed by atoms with van der Waals surface area (Å²) in [4.78, 5) is 29.5. The van der Waals surface area contributed by atoms with Gasteiger partial charge >= 0.3 is 0 Å². The van der Waals surface area contributed by atoms with Crippen molar-refractivity contribution in [1.29, 1.82) is 0 Å². The number of likely N-dealkylation sites (tertiary alicyclic amines) is 1. The number of amides is 1. The Labute approximate surface area is 129 Å². The van der Waals surface area contributed by atoms with Gasteiger partial charge in [-0.3, -0.25) is 9.59 Å². The van der Waals surface area contributed by atoms with Crippen LogP contribution in [0, 0.1) is 0 Å². The molecule has 1 N–H and O–H groups in total. The molecular weight excluding hydrogens is 276 g/mol. The highest BCUT2D eigenvalue weighted by Gasteiger charge is 2.25. The fourth-order valence-electron chi connectivity index (χ4n) is 2.98. The molecule has 1 aromatic carbocycles. The first-order valence-electron chi connectivity index (χ1n) is 7.76. The summed E-state index contributed by atoms with van der Waals surface area (Å²) in [6.45, 7) is 2.78. The number of rotatable bonds is 2. The molecule has 0 spiro atoms. The van der Waals surface area contributed by atoms with Gasteiger partial charge in [-0.15, -0.1) is 0 Å². The summed E-state index contributed by atoms with van der Waals surface area (Å²) < 4.78 is 0. The van der Waals surface area contributed by atoms with E-state index < -0.39 is 0 Å². The van der Waals surface area contributed by atoms with Crippen LogP contribution >= 0.6 is 0 Å². The lowest BCUT2D eigenvalue weighted by Gasteiger charge is -2.33. The van der Waals surface area contributed by atoms with E-state index in [9.17, 15) is 9.59 Å². The molecule has 4 heteroatoms. The van der Waals surface area contributed by atoms with Crippen molar-refractivity contribution in [2.75, 3.05) is 6.54 Å². The first-order valence-corrected chi connectivity index (χ1v) is 7.76. The molecule has 1 saturated heterocycles. The molecule has 4 nitrogen and oxygen atoms in total. The minimum Gasteiger partial charge on any atom is -0.336 e. The molecule has 2 aromatic rings. The van der Waals surface area contributed by atoms with Crippen molar-refractivity contribution in [2.24, 2.45) is 0 Å². The van der Waals surface area contributed by atoms with Crippen LogP contribution in [-0.4, -0.2) is 28.4 Å². The molecular formula is C18H20N2O2. The number of pyridine rings is 1. The highest BCUT2D eigenvalue weighted by atomic mass is 16.2. The van der Waals surface area contributed by atoms with Gasteiger partial charge in [0.1, 0.15) is 5.56 Å². The summed E-state index contributed by atoms with van der Waals surface area (Å²) >= 11 is 0. The summed E-state index contributed by atoms with van der Waals surface area (Å²) in [5.74, 6) is -0.159. The van der Waals surface area contributed by atoms with Crippen LogP contribution in [0.4, 0.5) is 0 Å². The molecule has 2 heterocycles. The van der Waals surface area contributed by atoms with E-state index in [0.717, 1.165) is 37.1 Å². The third kappa shape index (κ3) is 2.82. The lowest BCUT2D eigenvalue weighted by molar-refractivity contribution is 0.0634. The SMILES string of the molecule is C[C@H]1CCCCN1C(=O)c1ccc(-c2ccccc2)[nH]c1=O. The predicted octanol–water partition coefficient (Wildman–Crippen LogP) is 3.06. The van der Waals surface area contributed by atoms with Crippen LogP contribution in [0.1, 0.15) is 36.5 Å². The van der Waals surface area contributed by atoms with Gasteiger partial charge in [-0.25, -0.2) is 0 Å². The fraction of sp³-hybridized carbons (Fsp3) is 0.333. The first kappa shape index (κ1) is 14.6. The lowest BCUT2D eigenvalue weighted by Crippen LogP contribution is -2.43. The summed E-state index contributed by atoms with van der Waals surface area (Å²) in [5.41, 5.74) is 1.58. The van der Waals surface area contributed by atoms with E-state index in [1.165, 1.54) is 0 Å². The molecule has 1 fully saturated rings. The maximum Gasteiger partial charge on any atom is 0.261 e. The smallest absolute Gasteiger partial charge is 0.261 e. The van der Waals surface area contributed by atoms with Gasteiger partial charge in [0.15, 0.2) is 0 Å². The van der Waals surface area contributed by atoms with Gasteiger partial charge in [0.25, 0.3) is 11.5 Å². The van der Waals surface area contributed by atoms with Crippen molar-refractivity contribution in [3.05, 3.63) is 58.4 Å². The summed E-state index contributed by atoms with van der Waals surface area (Å²) in [7, 11) is 0. The second kappa shape index (κ2) is 6.18. The number of nitrogens with one attached hydrogen (secondary N) is 1. The third-order valence-corrected chi connectivity index (χ3v) is 4.29. The first-order chi connectivity index (χ1) is 10.7. The van der Waals surface area contributed by atoms with Gasteiger partial charge in [0, 0.05) is 18.3 Å². The van der Waals surface area contributed by atoms with E-state index in [-0.39, 0.29) is 23.1 Å². The van der Waals surface area contributed by atoms with Gasteiger partial charge in [-0.05, 0) is 43.9 Å². The minimum atomic E-state index is -0.316. The monoisotopic (exact) mass is 296 g/mol. The summed E-state index contributed by atoms with van der Waals surface area (Å²) in [6.07, 6.45) is 3.16. The van der Waals surface area contributed by atoms with Crippen LogP contribution in [-0.2, 0) is 0 Å². The standard InChI is InChI=1S/C18H20N2O2/c1-13-7-5-6-12-20(13)18(22)15-10-11-16(19-17(15)21)14-8-3-2-4-9-14/h2-4,8-11,13H,5-7,12H2,1H3,(H,19,21)/t13-/m0/s1. The Kier molecular flexibility index (Phi) is 4.09. The van der Waals surface area contributed by atoms with E-state index in [0.29, 0.717) is 0 Å². The van der Waals surface area contributed by atoms with Gasteiger partial charge in [0.05, 0.1) is 0 Å². The zero-order valence-electron chi connectivity index (χ0n) is 12.7. The maximum atomic E-state index is 12.6. The van der Waals surface area contributed by atoms with Crippen LogP contribution in [0.15, 0.2) is 47.3 Å². The zero-order chi connectivity index (χ0) is 15.5. The maximum absolute atomic E-state index is 12.6. The highest BCUT2D eigenvalue weighted by molar-refractivity contribution is 5.94. The molecule has 0 unspecified atom stereocenters. The Morgan fingerprint density at radius 1 is 1.14 bits per heavy atom. The van der Waals surface area contributed by atoms with Gasteiger partial charge in [0.2, 0.25) is 0 Å². The Balaban J connectivity index is 1.89. The number of carbonyl (C=O) groups is 1. The van der Waals surface area contributed by atoms with Crippen molar-refractivity contribution in [1.82, 2.24) is 9.88 Å². The van der Waals surface area contributed by atoms with Crippen molar-refractivity contribution < 1.29 is 4.79 Å². The normalized spacial score (nSPS) is 18.2. The summed E-state index contributed by atoms with van der Waals surface area (Å²) in [5, 5.41) is 0. The fourth-order valence-corrected chi connectivity index (χ4v) is 2.98. The number of piperidine rings is 1. The molecule has 1 atom stereocenters. The molecule has 22 heavy (non-hydrogen) atoms. The molecule has 1 aliphatic heterocycles. The van der Waals surface area contributed by atoms with Crippen LogP contribution in [0.3, 0.4) is 0 Å². The molecule has 0 radical (unpaired) electrons. The number of hydrogen-bond donors (Lipinski definition) is 1. The van der Waals surface area contributed by atoms with Gasteiger partial charge in [-0.1, -0.05) is 30.3 Å². The van der Waals surface area contributed by atoms with Crippen molar-refractivity contribution in [3.8, 4) is 11.3 Å². The second-order valence-electron chi connectivity index (χ2n) is 5.82. The number of hydrogen-bond acceptors (Lipinski definition) is 2. The average molecular weight is 296 g/mol. The quantitative estimate of drug-likeness (QED) is 0.926. The van der Waals surface area contributed by atoms with Gasteiger partial charge < -0.3 is 9.88 Å². The third-order valence-electron chi connectivity index (χ3n) is 4.29. The summed E-state index contributed by atoms with van der Waals surface area (Å²) in [6, 6.07) is 13.3. The zero-order valence-corrected chi connectivity index (χ0v) is 12.7. The number of carbonyl (C=O) groups excluding carboxylic acids is 1. The average Bonchev–Trinajstić information content (AvgIpc) is 2.55. The Bertz CT molecular complexity index is 721. The van der Waals surface area contributed by atoms with E-state index in [2.05, 4.69) is 4.98 Å². The Morgan fingerprint density at radius 3 is 2.59 bits per heavy atom. The van der Waals surface area contributed by atoms with E-state index in [1.54, 1.807) is 12.1 Å². The van der Waals surface area contributed by atoms with E-state index >= 15 is 0 Å². The molecule has 1 aliphatic rings. The number of aromatic amines is 1. The Hall–Kier alpha value is -2.36. The second-order valence-corrected chi connectivity index (χ2v) is 5.82. The molecule has 114 valence electrons. The van der Waals surface area contributed by atoms with E-state index in [1.807, 2.05) is 42.2 Å². The largest absolute Gasteiger partial charge is 0.336 e. The molecule has 0 saturated carbocycles. The van der Waals surface area contributed by atoms with Crippen LogP contribution < -0.4 is 5.56 Å². The van der Waals surface area contributed by atoms with E-state index in [4.69, 9.17) is 0 Å².